The molecule has 5 heteroatoms. The molecule has 0 saturated carbocycles. The molecule has 5 nitrogen and oxygen atoms in total. The van der Waals surface area contributed by atoms with Crippen LogP contribution in [0.15, 0.2) is 41.7 Å². The van der Waals surface area contributed by atoms with Gasteiger partial charge in [0.05, 0.1) is 5.69 Å². The molecule has 0 amide bonds. The fraction of sp³-hybridized carbons (Fsp3) is 0.200. The van der Waals surface area contributed by atoms with Crippen molar-refractivity contribution >= 4 is 5.71 Å². The number of aromatic nitrogens is 1. The van der Waals surface area contributed by atoms with Crippen molar-refractivity contribution in [3.63, 3.8) is 0 Å². The summed E-state index contributed by atoms with van der Waals surface area (Å²) in [6.07, 6.45) is 1.75. The van der Waals surface area contributed by atoms with E-state index in [2.05, 4.69) is 10.1 Å². The highest BCUT2D eigenvalue weighted by Gasteiger charge is 2.20. The lowest BCUT2D eigenvalue weighted by Crippen LogP contribution is -2.01. The molecule has 1 aliphatic rings. The van der Waals surface area contributed by atoms with Gasteiger partial charge >= 0.3 is 0 Å². The molecular weight excluding hydrogens is 256 g/mol. The van der Waals surface area contributed by atoms with Gasteiger partial charge in [0.15, 0.2) is 0 Å². The van der Waals surface area contributed by atoms with E-state index in [1.807, 2.05) is 31.2 Å². The number of rotatable bonds is 3. The molecule has 0 unspecified atom stereocenters. The van der Waals surface area contributed by atoms with Crippen LogP contribution >= 0.6 is 0 Å². The Kier molecular flexibility index (Phi) is 3.25. The number of pyridine rings is 1. The molecule has 1 aliphatic heterocycles. The summed E-state index contributed by atoms with van der Waals surface area (Å²) in [6, 6.07) is 9.36. The molecule has 0 aliphatic carbocycles. The first kappa shape index (κ1) is 12.5. The lowest BCUT2D eigenvalue weighted by Gasteiger charge is -2.08. The molecular formula is C15H14N2O3. The molecule has 20 heavy (non-hydrogen) atoms. The van der Waals surface area contributed by atoms with Crippen molar-refractivity contribution < 1.29 is 14.7 Å². The third-order valence-corrected chi connectivity index (χ3v) is 3.24. The second-order valence-electron chi connectivity index (χ2n) is 4.55. The van der Waals surface area contributed by atoms with Crippen molar-refractivity contribution in [1.82, 2.24) is 4.98 Å². The van der Waals surface area contributed by atoms with Gasteiger partial charge in [-0.3, -0.25) is 4.98 Å². The molecule has 0 atom stereocenters. The van der Waals surface area contributed by atoms with E-state index in [1.54, 1.807) is 12.3 Å². The number of aryl methyl sites for hydroxylation is 1. The summed E-state index contributed by atoms with van der Waals surface area (Å²) in [5, 5.41) is 12.0. The van der Waals surface area contributed by atoms with Crippen LogP contribution in [0, 0.1) is 6.92 Å². The Balaban J connectivity index is 1.75. The zero-order chi connectivity index (χ0) is 13.9. The minimum Gasteiger partial charge on any atom is -0.487 e. The number of fused-ring (bicyclic) bond motifs is 1. The van der Waals surface area contributed by atoms with E-state index in [-0.39, 0.29) is 6.61 Å². The van der Waals surface area contributed by atoms with Gasteiger partial charge in [0.25, 0.3) is 0 Å². The summed E-state index contributed by atoms with van der Waals surface area (Å²) in [7, 11) is 0. The van der Waals surface area contributed by atoms with Gasteiger partial charge in [-0.25, -0.2) is 0 Å². The molecule has 0 saturated heterocycles. The predicted octanol–water partition coefficient (Wildman–Crippen LogP) is 2.54. The monoisotopic (exact) mass is 270 g/mol. The van der Waals surface area contributed by atoms with E-state index >= 15 is 0 Å². The van der Waals surface area contributed by atoms with Crippen LogP contribution in [0.5, 0.6) is 11.5 Å². The van der Waals surface area contributed by atoms with E-state index < -0.39 is 0 Å². The summed E-state index contributed by atoms with van der Waals surface area (Å²) < 4.78 is 11.2. The van der Waals surface area contributed by atoms with E-state index in [4.69, 9.17) is 14.7 Å². The molecule has 2 aromatic rings. The Labute approximate surface area is 116 Å². The highest BCUT2D eigenvalue weighted by molar-refractivity contribution is 6.05. The predicted molar refractivity (Wildman–Crippen MR) is 73.6 cm³/mol. The van der Waals surface area contributed by atoms with Crippen LogP contribution < -0.4 is 9.47 Å². The van der Waals surface area contributed by atoms with Crippen LogP contribution in [0.25, 0.3) is 0 Å². The summed E-state index contributed by atoms with van der Waals surface area (Å²) in [5.41, 5.74) is 3.34. The van der Waals surface area contributed by atoms with Crippen LogP contribution in [-0.2, 0) is 6.61 Å². The number of hydrogen-bond acceptors (Lipinski definition) is 5. The fourth-order valence-corrected chi connectivity index (χ4v) is 2.08. The quantitative estimate of drug-likeness (QED) is 0.687. The average Bonchev–Trinajstić information content (AvgIpc) is 2.88. The Morgan fingerprint density at radius 1 is 1.40 bits per heavy atom. The van der Waals surface area contributed by atoms with Gasteiger partial charge in [0.2, 0.25) is 0 Å². The maximum absolute atomic E-state index is 8.83. The highest BCUT2D eigenvalue weighted by atomic mass is 16.5. The minimum absolute atomic E-state index is 0.286. The van der Waals surface area contributed by atoms with Crippen molar-refractivity contribution in [3.05, 3.63) is 53.3 Å². The first-order valence-electron chi connectivity index (χ1n) is 6.29. The number of ether oxygens (including phenoxy) is 2. The van der Waals surface area contributed by atoms with Crippen molar-refractivity contribution in [1.29, 1.82) is 0 Å². The SMILES string of the molecule is Cc1cccnc1COc1ccc2c(c1)OC/C2=N\O. The summed E-state index contributed by atoms with van der Waals surface area (Å²) in [4.78, 5) is 4.28. The molecule has 1 aromatic carbocycles. The first-order valence-corrected chi connectivity index (χ1v) is 6.29. The van der Waals surface area contributed by atoms with Crippen molar-refractivity contribution in [2.45, 2.75) is 13.5 Å². The molecule has 0 bridgehead atoms. The van der Waals surface area contributed by atoms with Crippen LogP contribution in [0.4, 0.5) is 0 Å². The molecule has 2 heterocycles. The zero-order valence-corrected chi connectivity index (χ0v) is 11.0. The second kappa shape index (κ2) is 5.21. The first-order chi connectivity index (χ1) is 9.78. The van der Waals surface area contributed by atoms with Gasteiger partial charge in [-0.2, -0.15) is 0 Å². The highest BCUT2D eigenvalue weighted by Crippen LogP contribution is 2.30. The van der Waals surface area contributed by atoms with Gasteiger partial charge in [0, 0.05) is 17.8 Å². The second-order valence-corrected chi connectivity index (χ2v) is 4.55. The molecule has 1 aromatic heterocycles. The molecule has 0 radical (unpaired) electrons. The third-order valence-electron chi connectivity index (χ3n) is 3.24. The Hall–Kier alpha value is -2.56. The zero-order valence-electron chi connectivity index (χ0n) is 11.0. The molecule has 0 spiro atoms. The van der Waals surface area contributed by atoms with E-state index in [0.717, 1.165) is 16.8 Å². The number of oxime groups is 1. The van der Waals surface area contributed by atoms with E-state index in [9.17, 15) is 0 Å². The van der Waals surface area contributed by atoms with Gasteiger partial charge < -0.3 is 14.7 Å². The van der Waals surface area contributed by atoms with Crippen LogP contribution in [-0.4, -0.2) is 22.5 Å². The van der Waals surface area contributed by atoms with Crippen molar-refractivity contribution in [2.75, 3.05) is 6.61 Å². The molecule has 0 fully saturated rings. The van der Waals surface area contributed by atoms with Gasteiger partial charge in [-0.15, -0.1) is 0 Å². The van der Waals surface area contributed by atoms with Crippen molar-refractivity contribution in [3.8, 4) is 11.5 Å². The van der Waals surface area contributed by atoms with Gasteiger partial charge in [-0.05, 0) is 30.7 Å². The minimum atomic E-state index is 0.286. The maximum atomic E-state index is 8.83. The normalized spacial score (nSPS) is 14.9. The smallest absolute Gasteiger partial charge is 0.134 e. The molecule has 3 rings (SSSR count). The molecule has 102 valence electrons. The maximum Gasteiger partial charge on any atom is 0.134 e. The number of hydrogen-bond donors (Lipinski definition) is 1. The van der Waals surface area contributed by atoms with Gasteiger partial charge in [0.1, 0.15) is 30.4 Å². The van der Waals surface area contributed by atoms with Crippen LogP contribution in [0.2, 0.25) is 0 Å². The van der Waals surface area contributed by atoms with Gasteiger partial charge in [-0.1, -0.05) is 11.2 Å². The summed E-state index contributed by atoms with van der Waals surface area (Å²) in [5.74, 6) is 1.38. The Morgan fingerprint density at radius 2 is 2.30 bits per heavy atom. The summed E-state index contributed by atoms with van der Waals surface area (Å²) in [6.45, 7) is 2.70. The third kappa shape index (κ3) is 2.30. The number of nitrogens with zero attached hydrogens (tertiary/aromatic N) is 2. The average molecular weight is 270 g/mol. The van der Waals surface area contributed by atoms with E-state index in [0.29, 0.717) is 23.8 Å². The standard InChI is InChI=1S/C15H14N2O3/c1-10-3-2-6-16-13(10)8-19-11-4-5-12-14(17-18)9-20-15(12)7-11/h2-7,18H,8-9H2,1H3/b17-14+. The largest absolute Gasteiger partial charge is 0.487 e. The fourth-order valence-electron chi connectivity index (χ4n) is 2.08. The summed E-state index contributed by atoms with van der Waals surface area (Å²) >= 11 is 0. The van der Waals surface area contributed by atoms with Crippen LogP contribution in [0.3, 0.4) is 0 Å². The Bertz CT molecular complexity index is 668. The van der Waals surface area contributed by atoms with Crippen molar-refractivity contribution in [2.24, 2.45) is 5.16 Å². The lowest BCUT2D eigenvalue weighted by molar-refractivity contribution is 0.297. The number of benzene rings is 1. The van der Waals surface area contributed by atoms with Crippen LogP contribution in [0.1, 0.15) is 16.8 Å². The lowest BCUT2D eigenvalue weighted by atomic mass is 10.1. The van der Waals surface area contributed by atoms with E-state index in [1.165, 1.54) is 0 Å². The molecule has 1 N–H and O–H groups in total. The Morgan fingerprint density at radius 3 is 3.10 bits per heavy atom. The topological polar surface area (TPSA) is 63.9 Å².